The maximum Gasteiger partial charge on any atom is 0.418 e. The highest BCUT2D eigenvalue weighted by molar-refractivity contribution is 6.33. The highest BCUT2D eigenvalue weighted by atomic mass is 35.5. The molecule has 0 aromatic heterocycles. The van der Waals surface area contributed by atoms with Gasteiger partial charge in [-0.15, -0.1) is 0 Å². The Morgan fingerprint density at radius 3 is 2.31 bits per heavy atom. The Balaban J connectivity index is 2.78. The van der Waals surface area contributed by atoms with Crippen molar-refractivity contribution in [2.75, 3.05) is 24.2 Å². The van der Waals surface area contributed by atoms with Gasteiger partial charge >= 0.3 is 12.3 Å². The number of nitrogens with zero attached hydrogens (tertiary/aromatic N) is 1. The van der Waals surface area contributed by atoms with E-state index < -0.39 is 51.2 Å². The number of ether oxygens (including phenoxy) is 1. The van der Waals surface area contributed by atoms with Crippen LogP contribution in [-0.4, -0.2) is 29.9 Å². The van der Waals surface area contributed by atoms with Crippen molar-refractivity contribution in [3.63, 3.8) is 0 Å². The van der Waals surface area contributed by atoms with E-state index in [9.17, 15) is 28.3 Å². The molecule has 0 saturated carbocycles. The van der Waals surface area contributed by atoms with Crippen molar-refractivity contribution in [3.8, 4) is 6.07 Å². The van der Waals surface area contributed by atoms with Crippen molar-refractivity contribution in [2.24, 2.45) is 0 Å². The molecule has 0 saturated heterocycles. The molecule has 1 amide bonds. The van der Waals surface area contributed by atoms with Gasteiger partial charge in [0.15, 0.2) is 0 Å². The zero-order valence-electron chi connectivity index (χ0n) is 19.4. The minimum absolute atomic E-state index is 0.00885. The van der Waals surface area contributed by atoms with Gasteiger partial charge in [0, 0.05) is 12.1 Å². The van der Waals surface area contributed by atoms with Gasteiger partial charge in [-0.25, -0.2) is 9.18 Å². The van der Waals surface area contributed by atoms with Crippen LogP contribution in [0, 0.1) is 17.1 Å². The lowest BCUT2D eigenvalue weighted by Crippen LogP contribution is -2.47. The lowest BCUT2D eigenvalue weighted by atomic mass is 9.83. The first-order valence-corrected chi connectivity index (χ1v) is 10.7. The van der Waals surface area contributed by atoms with Gasteiger partial charge in [-0.05, 0) is 63.1 Å². The highest BCUT2D eigenvalue weighted by Crippen LogP contribution is 2.42. The Morgan fingerprint density at radius 1 is 1.20 bits per heavy atom. The van der Waals surface area contributed by atoms with Crippen LogP contribution in [0.3, 0.4) is 0 Å². The topological polar surface area (TPSA) is 120 Å². The lowest BCUT2D eigenvalue weighted by Gasteiger charge is -2.34. The molecule has 1 unspecified atom stereocenters. The van der Waals surface area contributed by atoms with Gasteiger partial charge in [-0.1, -0.05) is 11.6 Å². The van der Waals surface area contributed by atoms with Gasteiger partial charge in [0.05, 0.1) is 34.1 Å². The second kappa shape index (κ2) is 10.3. The third kappa shape index (κ3) is 6.54. The fraction of sp³-hybridized carbons (Fsp3) is 0.391. The monoisotopic (exact) mass is 516 g/mol. The van der Waals surface area contributed by atoms with Gasteiger partial charge in [-0.2, -0.15) is 18.4 Å². The average Bonchev–Trinajstić information content (AvgIpc) is 2.73. The van der Waals surface area contributed by atoms with Crippen LogP contribution in [0.1, 0.15) is 49.9 Å². The molecule has 5 N–H and O–H groups in total. The summed E-state index contributed by atoms with van der Waals surface area (Å²) in [5.74, 6) is -1.11. The molecule has 0 fully saturated rings. The predicted molar refractivity (Wildman–Crippen MR) is 123 cm³/mol. The summed E-state index contributed by atoms with van der Waals surface area (Å²) in [7, 11) is 0. The second-order valence-electron chi connectivity index (χ2n) is 8.72. The summed E-state index contributed by atoms with van der Waals surface area (Å²) in [6, 6.07) is 5.25. The van der Waals surface area contributed by atoms with E-state index in [4.69, 9.17) is 22.1 Å². The van der Waals surface area contributed by atoms with Crippen LogP contribution >= 0.6 is 11.6 Å². The molecule has 0 aliphatic heterocycles. The van der Waals surface area contributed by atoms with Crippen LogP contribution in [0.25, 0.3) is 0 Å². The molecule has 0 spiro atoms. The molecule has 2 aromatic carbocycles. The Morgan fingerprint density at radius 2 is 1.80 bits per heavy atom. The summed E-state index contributed by atoms with van der Waals surface area (Å²) >= 11 is 5.97. The van der Waals surface area contributed by atoms with Crippen molar-refractivity contribution in [1.82, 2.24) is 5.32 Å². The Labute approximate surface area is 204 Å². The molecule has 2 aromatic rings. The number of carbonyl (C=O) groups excluding carboxylic acids is 1. The van der Waals surface area contributed by atoms with Crippen molar-refractivity contribution in [2.45, 2.75) is 45.0 Å². The van der Waals surface area contributed by atoms with Gasteiger partial charge in [0.1, 0.15) is 17.5 Å². The number of anilines is 2. The maximum absolute atomic E-state index is 15.1. The number of nitrogens with one attached hydrogen (secondary N) is 2. The number of nitriles is 1. The molecule has 2 rings (SSSR count). The van der Waals surface area contributed by atoms with E-state index in [1.54, 1.807) is 26.8 Å². The van der Waals surface area contributed by atoms with Gasteiger partial charge in [0.2, 0.25) is 0 Å². The van der Waals surface area contributed by atoms with E-state index in [1.165, 1.54) is 6.92 Å². The average molecular weight is 517 g/mol. The zero-order valence-corrected chi connectivity index (χ0v) is 20.2. The third-order valence-electron chi connectivity index (χ3n) is 4.98. The zero-order chi connectivity index (χ0) is 26.8. The molecule has 0 aliphatic carbocycles. The highest BCUT2D eigenvalue weighted by Gasteiger charge is 2.40. The molecule has 0 radical (unpaired) electrons. The number of nitrogens with two attached hydrogens (primary N) is 1. The quantitative estimate of drug-likeness (QED) is 0.311. The standard InChI is InChI=1S/C23H25ClF4N4O3/c1-5-35-20(33)32-19-12(10-29)6-13(9-17(19)25)22(34,11-31-21(2,3)4)14-7-15(23(26,27)28)18(30)16(24)8-14/h6-9,31,34H,5,11,30H2,1-4H3,(H,32,33). The van der Waals surface area contributed by atoms with E-state index in [0.717, 1.165) is 18.2 Å². The van der Waals surface area contributed by atoms with Crippen LogP contribution in [0.4, 0.5) is 33.7 Å². The number of alkyl halides is 3. The van der Waals surface area contributed by atoms with Crippen LogP contribution in [0.15, 0.2) is 24.3 Å². The first-order valence-electron chi connectivity index (χ1n) is 10.4. The summed E-state index contributed by atoms with van der Waals surface area (Å²) < 4.78 is 60.6. The normalized spacial score (nSPS) is 13.6. The number of nitrogen functional groups attached to an aromatic ring is 1. The predicted octanol–water partition coefficient (Wildman–Crippen LogP) is 5.14. The number of halogens is 5. The lowest BCUT2D eigenvalue weighted by molar-refractivity contribution is -0.137. The Kier molecular flexibility index (Phi) is 8.27. The number of rotatable bonds is 6. The molecule has 0 heterocycles. The van der Waals surface area contributed by atoms with E-state index in [-0.39, 0.29) is 29.8 Å². The minimum atomic E-state index is -4.89. The second-order valence-corrected chi connectivity index (χ2v) is 9.13. The SMILES string of the molecule is CCOC(=O)Nc1c(F)cc(C(O)(CNC(C)(C)C)c2cc(Cl)c(N)c(C(F)(F)F)c2)cc1C#N. The summed E-state index contributed by atoms with van der Waals surface area (Å²) in [6.07, 6.45) is -5.90. The fourth-order valence-electron chi connectivity index (χ4n) is 3.18. The summed E-state index contributed by atoms with van der Waals surface area (Å²) in [5, 5.41) is 25.9. The van der Waals surface area contributed by atoms with Crippen LogP contribution in [0.2, 0.25) is 5.02 Å². The van der Waals surface area contributed by atoms with Gasteiger partial charge in [-0.3, -0.25) is 5.32 Å². The molecule has 0 bridgehead atoms. The summed E-state index contributed by atoms with van der Waals surface area (Å²) in [6.45, 7) is 6.38. The Bertz CT molecular complexity index is 1160. The van der Waals surface area contributed by atoms with E-state index in [2.05, 4.69) is 10.6 Å². The molecule has 190 valence electrons. The summed E-state index contributed by atoms with van der Waals surface area (Å²) in [5.41, 5.74) is -0.887. The first-order chi connectivity index (χ1) is 16.0. The number of amides is 1. The molecular formula is C23H25ClF4N4O3. The van der Waals surface area contributed by atoms with Crippen molar-refractivity contribution in [1.29, 1.82) is 5.26 Å². The van der Waals surface area contributed by atoms with Crippen molar-refractivity contribution >= 4 is 29.1 Å². The largest absolute Gasteiger partial charge is 0.450 e. The number of hydrogen-bond donors (Lipinski definition) is 4. The van der Waals surface area contributed by atoms with Gasteiger partial charge in [0.25, 0.3) is 0 Å². The number of aliphatic hydroxyl groups is 1. The fourth-order valence-corrected chi connectivity index (χ4v) is 3.40. The molecular weight excluding hydrogens is 492 g/mol. The maximum atomic E-state index is 15.1. The van der Waals surface area contributed by atoms with E-state index in [0.29, 0.717) is 6.07 Å². The molecule has 0 aliphatic rings. The third-order valence-corrected chi connectivity index (χ3v) is 5.29. The number of β-amino-alcohol motifs (C(OH)–C–C–N with tert-alkyl or cyclic N) is 1. The van der Waals surface area contributed by atoms with Crippen LogP contribution in [-0.2, 0) is 16.5 Å². The number of benzene rings is 2. The van der Waals surface area contributed by atoms with Crippen LogP contribution in [0.5, 0.6) is 0 Å². The van der Waals surface area contributed by atoms with E-state index >= 15 is 4.39 Å². The molecule has 1 atom stereocenters. The summed E-state index contributed by atoms with van der Waals surface area (Å²) in [4.78, 5) is 11.7. The van der Waals surface area contributed by atoms with E-state index in [1.807, 2.05) is 0 Å². The molecule has 35 heavy (non-hydrogen) atoms. The van der Waals surface area contributed by atoms with Crippen LogP contribution < -0.4 is 16.4 Å². The van der Waals surface area contributed by atoms with Crippen molar-refractivity contribution in [3.05, 3.63) is 57.4 Å². The van der Waals surface area contributed by atoms with Gasteiger partial charge < -0.3 is 20.9 Å². The first kappa shape index (κ1) is 28.2. The molecule has 12 heteroatoms. The minimum Gasteiger partial charge on any atom is -0.450 e. The number of carbonyl (C=O) groups is 1. The Hall–Kier alpha value is -3.07. The van der Waals surface area contributed by atoms with Crippen molar-refractivity contribution < 1.29 is 32.2 Å². The smallest absolute Gasteiger partial charge is 0.418 e. The molecule has 7 nitrogen and oxygen atoms in total. The number of hydrogen-bond acceptors (Lipinski definition) is 6.